The molecule has 0 bridgehead atoms. The van der Waals surface area contributed by atoms with Gasteiger partial charge in [0.05, 0.1) is 5.69 Å². The van der Waals surface area contributed by atoms with Crippen LogP contribution >= 0.6 is 0 Å². The van der Waals surface area contributed by atoms with Crippen LogP contribution in [-0.2, 0) is 23.1 Å². The van der Waals surface area contributed by atoms with Gasteiger partial charge in [-0.15, -0.1) is 0 Å². The number of carbonyl (C=O) groups excluding carboxylic acids is 1. The molecule has 0 spiro atoms. The third-order valence-corrected chi connectivity index (χ3v) is 2.86. The highest BCUT2D eigenvalue weighted by atomic mass is 16.4. The maximum atomic E-state index is 11.5. The summed E-state index contributed by atoms with van der Waals surface area (Å²) in [4.78, 5) is 24.3. The molecule has 1 unspecified atom stereocenters. The molecule has 0 fully saturated rings. The smallest absolute Gasteiger partial charge is 0.331 e. The van der Waals surface area contributed by atoms with Gasteiger partial charge in [-0.05, 0) is 13.3 Å². The molecule has 1 aromatic heterocycles. The van der Waals surface area contributed by atoms with Crippen LogP contribution in [0.5, 0.6) is 0 Å². The second-order valence-corrected chi connectivity index (χ2v) is 4.10. The Morgan fingerprint density at radius 3 is 2.50 bits per heavy atom. The van der Waals surface area contributed by atoms with Crippen molar-refractivity contribution in [3.63, 3.8) is 0 Å². The Morgan fingerprint density at radius 2 is 2.11 bits per heavy atom. The second kappa shape index (κ2) is 5.66. The van der Waals surface area contributed by atoms with E-state index < -0.39 is 12.0 Å². The Labute approximate surface area is 106 Å². The summed E-state index contributed by atoms with van der Waals surface area (Å²) in [5.41, 5.74) is 1.30. The predicted molar refractivity (Wildman–Crippen MR) is 66.0 cm³/mol. The molecule has 0 radical (unpaired) electrons. The van der Waals surface area contributed by atoms with Gasteiger partial charge in [0.25, 0.3) is 0 Å². The quantitative estimate of drug-likeness (QED) is 0.848. The molecule has 0 saturated heterocycles. The van der Waals surface area contributed by atoms with Crippen LogP contribution in [0.2, 0.25) is 0 Å². The van der Waals surface area contributed by atoms with Gasteiger partial charge in [0.15, 0.2) is 6.04 Å². The molecule has 100 valence electrons. The lowest BCUT2D eigenvalue weighted by Gasteiger charge is -2.26. The van der Waals surface area contributed by atoms with Gasteiger partial charge in [-0.2, -0.15) is 5.10 Å². The summed E-state index contributed by atoms with van der Waals surface area (Å²) in [6, 6.07) is -0.962. The van der Waals surface area contributed by atoms with E-state index in [9.17, 15) is 14.7 Å². The number of aromatic nitrogens is 2. The number of nitrogens with zero attached hydrogens (tertiary/aromatic N) is 3. The van der Waals surface area contributed by atoms with E-state index in [1.807, 2.05) is 6.92 Å². The molecule has 1 atom stereocenters. The van der Waals surface area contributed by atoms with Crippen molar-refractivity contribution < 1.29 is 14.7 Å². The van der Waals surface area contributed by atoms with E-state index in [4.69, 9.17) is 0 Å². The number of carboxylic acid groups (broad SMARTS) is 1. The molecule has 1 aromatic rings. The van der Waals surface area contributed by atoms with E-state index in [0.29, 0.717) is 24.2 Å². The fourth-order valence-corrected chi connectivity index (χ4v) is 2.08. The van der Waals surface area contributed by atoms with Gasteiger partial charge in [0.2, 0.25) is 5.91 Å². The summed E-state index contributed by atoms with van der Waals surface area (Å²) in [5, 5.41) is 13.6. The van der Waals surface area contributed by atoms with Crippen LogP contribution in [0.1, 0.15) is 38.1 Å². The van der Waals surface area contributed by atoms with Crippen molar-refractivity contribution in [3.05, 3.63) is 17.5 Å². The highest BCUT2D eigenvalue weighted by Gasteiger charge is 2.31. The molecule has 6 nitrogen and oxygen atoms in total. The van der Waals surface area contributed by atoms with Gasteiger partial charge in [-0.1, -0.05) is 6.92 Å². The first kappa shape index (κ1) is 14.2. The van der Waals surface area contributed by atoms with E-state index >= 15 is 0 Å². The van der Waals surface area contributed by atoms with Gasteiger partial charge < -0.3 is 10.0 Å². The lowest BCUT2D eigenvalue weighted by molar-refractivity contribution is -0.149. The summed E-state index contributed by atoms with van der Waals surface area (Å²) in [7, 11) is 1.74. The summed E-state index contributed by atoms with van der Waals surface area (Å²) < 4.78 is 1.58. The lowest BCUT2D eigenvalue weighted by Crippen LogP contribution is -2.37. The number of likely N-dealkylation sites (N-methyl/N-ethyl adjacent to an activating group) is 1. The topological polar surface area (TPSA) is 75.4 Å². The van der Waals surface area contributed by atoms with Crippen LogP contribution in [0.3, 0.4) is 0 Å². The Kier molecular flexibility index (Phi) is 4.47. The molecule has 1 N–H and O–H groups in total. The molecular formula is C12H19N3O3. The number of hydrogen-bond acceptors (Lipinski definition) is 3. The van der Waals surface area contributed by atoms with Crippen molar-refractivity contribution in [2.24, 2.45) is 7.05 Å². The van der Waals surface area contributed by atoms with Crippen LogP contribution in [0.25, 0.3) is 0 Å². The largest absolute Gasteiger partial charge is 0.479 e. The summed E-state index contributed by atoms with van der Waals surface area (Å²) in [5.74, 6) is -1.29. The van der Waals surface area contributed by atoms with Gasteiger partial charge in [-0.25, -0.2) is 4.79 Å². The molecule has 0 aliphatic carbocycles. The number of carboxylic acids is 1. The minimum atomic E-state index is -1.03. The molecule has 6 heteroatoms. The molecular weight excluding hydrogens is 234 g/mol. The molecule has 0 aliphatic rings. The fourth-order valence-electron chi connectivity index (χ4n) is 2.08. The van der Waals surface area contributed by atoms with Crippen molar-refractivity contribution in [1.82, 2.24) is 14.7 Å². The normalized spacial score (nSPS) is 12.2. The first-order valence-corrected chi connectivity index (χ1v) is 5.94. The Bertz CT molecular complexity index is 453. The maximum absolute atomic E-state index is 11.5. The highest BCUT2D eigenvalue weighted by Crippen LogP contribution is 2.24. The number of hydrogen-bond donors (Lipinski definition) is 1. The van der Waals surface area contributed by atoms with Gasteiger partial charge in [0.1, 0.15) is 0 Å². The zero-order valence-electron chi connectivity index (χ0n) is 11.2. The molecule has 0 aromatic carbocycles. The van der Waals surface area contributed by atoms with Crippen LogP contribution < -0.4 is 0 Å². The standard InChI is InChI=1S/C12H19N3O3/c1-5-10-9(7-14(4)13-10)11(12(17)18)15(6-2)8(3)16/h7,11H,5-6H2,1-4H3,(H,17,18). The SMILES string of the molecule is CCc1nn(C)cc1C(C(=O)O)N(CC)C(C)=O. The van der Waals surface area contributed by atoms with Crippen molar-refractivity contribution in [1.29, 1.82) is 0 Å². The average Bonchev–Trinajstić information content (AvgIpc) is 2.65. The fraction of sp³-hybridized carbons (Fsp3) is 0.583. The van der Waals surface area contributed by atoms with Gasteiger partial charge >= 0.3 is 5.97 Å². The van der Waals surface area contributed by atoms with Crippen LogP contribution in [-0.4, -0.2) is 38.2 Å². The monoisotopic (exact) mass is 253 g/mol. The third kappa shape index (κ3) is 2.69. The van der Waals surface area contributed by atoms with E-state index in [0.717, 1.165) is 0 Å². The van der Waals surface area contributed by atoms with Crippen molar-refractivity contribution in [2.45, 2.75) is 33.2 Å². The molecule has 1 rings (SSSR count). The van der Waals surface area contributed by atoms with Gasteiger partial charge in [0, 0.05) is 32.3 Å². The third-order valence-electron chi connectivity index (χ3n) is 2.86. The summed E-state index contributed by atoms with van der Waals surface area (Å²) >= 11 is 0. The van der Waals surface area contributed by atoms with Crippen molar-refractivity contribution in [3.8, 4) is 0 Å². The van der Waals surface area contributed by atoms with Crippen molar-refractivity contribution in [2.75, 3.05) is 6.54 Å². The van der Waals surface area contributed by atoms with Crippen LogP contribution in [0.4, 0.5) is 0 Å². The highest BCUT2D eigenvalue weighted by molar-refractivity contribution is 5.83. The van der Waals surface area contributed by atoms with Gasteiger partial charge in [-0.3, -0.25) is 9.48 Å². The molecule has 0 saturated carbocycles. The van der Waals surface area contributed by atoms with E-state index in [-0.39, 0.29) is 5.91 Å². The maximum Gasteiger partial charge on any atom is 0.331 e. The molecule has 0 aliphatic heterocycles. The molecule has 18 heavy (non-hydrogen) atoms. The second-order valence-electron chi connectivity index (χ2n) is 4.10. The Balaban J connectivity index is 3.27. The predicted octanol–water partition coefficient (Wildman–Crippen LogP) is 0.977. The van der Waals surface area contributed by atoms with E-state index in [2.05, 4.69) is 5.10 Å². The Hall–Kier alpha value is -1.85. The van der Waals surface area contributed by atoms with Crippen molar-refractivity contribution >= 4 is 11.9 Å². The number of carbonyl (C=O) groups is 2. The average molecular weight is 253 g/mol. The first-order chi connectivity index (χ1) is 8.42. The van der Waals surface area contributed by atoms with E-state index in [1.54, 1.807) is 24.9 Å². The number of aryl methyl sites for hydroxylation is 2. The zero-order valence-corrected chi connectivity index (χ0v) is 11.2. The summed E-state index contributed by atoms with van der Waals surface area (Å²) in [6.45, 7) is 5.40. The number of rotatable bonds is 5. The number of amides is 1. The summed E-state index contributed by atoms with van der Waals surface area (Å²) in [6.07, 6.45) is 2.30. The lowest BCUT2D eigenvalue weighted by atomic mass is 10.0. The zero-order chi connectivity index (χ0) is 13.9. The Morgan fingerprint density at radius 1 is 1.50 bits per heavy atom. The first-order valence-electron chi connectivity index (χ1n) is 5.94. The van der Waals surface area contributed by atoms with E-state index in [1.165, 1.54) is 11.8 Å². The molecule has 1 amide bonds. The molecule has 1 heterocycles. The van der Waals surface area contributed by atoms with Crippen LogP contribution in [0, 0.1) is 0 Å². The minimum Gasteiger partial charge on any atom is -0.479 e. The number of aliphatic carboxylic acids is 1. The minimum absolute atomic E-state index is 0.254. The van der Waals surface area contributed by atoms with Crippen LogP contribution in [0.15, 0.2) is 6.20 Å².